The molecule has 1 amide bonds. The molecule has 0 fully saturated rings. The zero-order valence-electron chi connectivity index (χ0n) is 10.9. The van der Waals surface area contributed by atoms with E-state index in [9.17, 15) is 9.59 Å². The average Bonchev–Trinajstić information content (AvgIpc) is 2.37. The number of pyridine rings is 1. The molecule has 1 aromatic rings. The Hall–Kier alpha value is -1.95. The third-order valence-electron chi connectivity index (χ3n) is 2.71. The molecule has 0 bridgehead atoms. The Labute approximate surface area is 112 Å². The second kappa shape index (κ2) is 7.48. The van der Waals surface area contributed by atoms with Crippen LogP contribution >= 0.6 is 0 Å². The van der Waals surface area contributed by atoms with Gasteiger partial charge in [0.2, 0.25) is 5.91 Å². The van der Waals surface area contributed by atoms with Crippen LogP contribution in [0.4, 0.5) is 5.69 Å². The molecule has 1 heterocycles. The Kier molecular flexibility index (Phi) is 5.95. The number of carbonyl (C=O) groups excluding carboxylic acids is 1. The van der Waals surface area contributed by atoms with Crippen molar-refractivity contribution in [3.05, 3.63) is 24.0 Å². The molecule has 6 heteroatoms. The molecule has 0 aliphatic rings. The largest absolute Gasteiger partial charge is 0.481 e. The van der Waals surface area contributed by atoms with E-state index in [1.165, 1.54) is 6.20 Å². The summed E-state index contributed by atoms with van der Waals surface area (Å²) in [6.07, 6.45) is 2.89. The van der Waals surface area contributed by atoms with Gasteiger partial charge in [0.15, 0.2) is 0 Å². The minimum absolute atomic E-state index is 0.0822. The highest BCUT2D eigenvalue weighted by Gasteiger charge is 2.12. The third-order valence-corrected chi connectivity index (χ3v) is 2.71. The predicted molar refractivity (Wildman–Crippen MR) is 71.7 cm³/mol. The number of anilines is 1. The Morgan fingerprint density at radius 1 is 1.47 bits per heavy atom. The van der Waals surface area contributed by atoms with Crippen LogP contribution in [-0.4, -0.2) is 28.5 Å². The lowest BCUT2D eigenvalue weighted by atomic mass is 10.0. The molecular weight excluding hydrogens is 246 g/mol. The van der Waals surface area contributed by atoms with Gasteiger partial charge in [-0.25, -0.2) is 0 Å². The Morgan fingerprint density at radius 3 is 2.74 bits per heavy atom. The first kappa shape index (κ1) is 15.1. The maximum atomic E-state index is 11.8. The van der Waals surface area contributed by atoms with E-state index in [0.29, 0.717) is 17.9 Å². The quantitative estimate of drug-likeness (QED) is 0.682. The number of rotatable bonds is 7. The van der Waals surface area contributed by atoms with Gasteiger partial charge in [0.25, 0.3) is 0 Å². The van der Waals surface area contributed by atoms with Crippen LogP contribution in [0.2, 0.25) is 0 Å². The number of carbonyl (C=O) groups is 2. The predicted octanol–water partition coefficient (Wildman–Crippen LogP) is 1.02. The van der Waals surface area contributed by atoms with Crippen molar-refractivity contribution in [1.29, 1.82) is 0 Å². The van der Waals surface area contributed by atoms with Gasteiger partial charge in [-0.15, -0.1) is 0 Å². The van der Waals surface area contributed by atoms with Crippen molar-refractivity contribution in [1.82, 2.24) is 4.98 Å². The molecule has 0 aromatic carbocycles. The fourth-order valence-corrected chi connectivity index (χ4v) is 1.58. The summed E-state index contributed by atoms with van der Waals surface area (Å²) in [7, 11) is 0. The number of aliphatic carboxylic acids is 1. The molecule has 4 N–H and O–H groups in total. The molecular formula is C13H19N3O3. The van der Waals surface area contributed by atoms with E-state index >= 15 is 0 Å². The van der Waals surface area contributed by atoms with Crippen LogP contribution in [-0.2, 0) is 16.0 Å². The number of amides is 1. The fourth-order valence-electron chi connectivity index (χ4n) is 1.58. The van der Waals surface area contributed by atoms with Crippen molar-refractivity contribution < 1.29 is 14.7 Å². The molecule has 6 nitrogen and oxygen atoms in total. The summed E-state index contributed by atoms with van der Waals surface area (Å²) < 4.78 is 0. The average molecular weight is 265 g/mol. The minimum Gasteiger partial charge on any atom is -0.481 e. The molecule has 0 saturated heterocycles. The van der Waals surface area contributed by atoms with Crippen molar-refractivity contribution in [2.45, 2.75) is 26.2 Å². The summed E-state index contributed by atoms with van der Waals surface area (Å²) in [4.78, 5) is 26.3. The smallest absolute Gasteiger partial charge is 0.309 e. The Bertz CT molecular complexity index is 431. The molecule has 1 rings (SSSR count). The van der Waals surface area contributed by atoms with E-state index in [1.54, 1.807) is 12.1 Å². The van der Waals surface area contributed by atoms with Gasteiger partial charge >= 0.3 is 5.97 Å². The van der Waals surface area contributed by atoms with Crippen LogP contribution in [0, 0.1) is 5.92 Å². The summed E-state index contributed by atoms with van der Waals surface area (Å²) >= 11 is 0. The first-order valence-corrected chi connectivity index (χ1v) is 6.20. The summed E-state index contributed by atoms with van der Waals surface area (Å²) in [5.41, 5.74) is 6.42. The number of hydrogen-bond donors (Lipinski definition) is 3. The van der Waals surface area contributed by atoms with Gasteiger partial charge in [-0.1, -0.05) is 6.92 Å². The third kappa shape index (κ3) is 5.48. The van der Waals surface area contributed by atoms with Crippen molar-refractivity contribution >= 4 is 17.6 Å². The van der Waals surface area contributed by atoms with Crippen LogP contribution in [0.1, 0.15) is 25.5 Å². The zero-order chi connectivity index (χ0) is 14.3. The first-order valence-electron chi connectivity index (χ1n) is 6.20. The summed E-state index contributed by atoms with van der Waals surface area (Å²) in [6.45, 7) is 2.42. The molecule has 1 unspecified atom stereocenters. The maximum absolute atomic E-state index is 11.8. The minimum atomic E-state index is -0.931. The number of nitrogens with one attached hydrogen (secondary N) is 1. The normalized spacial score (nSPS) is 11.9. The first-order chi connectivity index (χ1) is 9.02. The Morgan fingerprint density at radius 2 is 2.21 bits per heavy atom. The van der Waals surface area contributed by atoms with Gasteiger partial charge in [-0.3, -0.25) is 14.6 Å². The number of carboxylic acids is 1. The van der Waals surface area contributed by atoms with Crippen molar-refractivity contribution in [3.63, 3.8) is 0 Å². The molecule has 1 aromatic heterocycles. The van der Waals surface area contributed by atoms with Crippen LogP contribution < -0.4 is 11.1 Å². The summed E-state index contributed by atoms with van der Waals surface area (Å²) in [5.74, 6) is -1.12. The second-order valence-electron chi connectivity index (χ2n) is 4.43. The molecule has 0 saturated carbocycles. The number of carboxylic acid groups (broad SMARTS) is 1. The monoisotopic (exact) mass is 265 g/mol. The highest BCUT2D eigenvalue weighted by molar-refractivity contribution is 5.92. The molecule has 0 aliphatic heterocycles. The van der Waals surface area contributed by atoms with Gasteiger partial charge in [-0.2, -0.15) is 0 Å². The Balaban J connectivity index is 2.52. The summed E-state index contributed by atoms with van der Waals surface area (Å²) in [6, 6.07) is 3.24. The lowest BCUT2D eigenvalue weighted by Crippen LogP contribution is -2.21. The lowest BCUT2D eigenvalue weighted by molar-refractivity contribution is -0.136. The van der Waals surface area contributed by atoms with E-state index in [2.05, 4.69) is 10.3 Å². The van der Waals surface area contributed by atoms with E-state index in [1.807, 2.05) is 6.92 Å². The number of aromatic nitrogens is 1. The van der Waals surface area contributed by atoms with Crippen LogP contribution in [0.3, 0.4) is 0 Å². The van der Waals surface area contributed by atoms with E-state index in [4.69, 9.17) is 10.8 Å². The zero-order valence-corrected chi connectivity index (χ0v) is 10.9. The van der Waals surface area contributed by atoms with Crippen molar-refractivity contribution in [3.8, 4) is 0 Å². The standard InChI is InChI=1S/C13H19N3O3/c1-9(3-2-6-14)13(19)16-11-5-4-10(15-8-11)7-12(17)18/h4-5,8-9H,2-3,6-7,14H2,1H3,(H,16,19)(H,17,18). The van der Waals surface area contributed by atoms with Gasteiger partial charge in [-0.05, 0) is 31.5 Å². The number of hydrogen-bond acceptors (Lipinski definition) is 4. The lowest BCUT2D eigenvalue weighted by Gasteiger charge is -2.11. The highest BCUT2D eigenvalue weighted by atomic mass is 16.4. The molecule has 0 spiro atoms. The molecule has 0 radical (unpaired) electrons. The van der Waals surface area contributed by atoms with E-state index < -0.39 is 5.97 Å². The number of nitrogens with zero attached hydrogens (tertiary/aromatic N) is 1. The topological polar surface area (TPSA) is 105 Å². The SMILES string of the molecule is CC(CCCN)C(=O)Nc1ccc(CC(=O)O)nc1. The van der Waals surface area contributed by atoms with Crippen LogP contribution in [0.5, 0.6) is 0 Å². The van der Waals surface area contributed by atoms with Gasteiger partial charge in [0.1, 0.15) is 0 Å². The van der Waals surface area contributed by atoms with Crippen molar-refractivity contribution in [2.75, 3.05) is 11.9 Å². The van der Waals surface area contributed by atoms with Gasteiger partial charge in [0.05, 0.1) is 24.0 Å². The molecule has 19 heavy (non-hydrogen) atoms. The van der Waals surface area contributed by atoms with E-state index in [0.717, 1.165) is 12.8 Å². The van der Waals surface area contributed by atoms with Crippen LogP contribution in [0.25, 0.3) is 0 Å². The van der Waals surface area contributed by atoms with Gasteiger partial charge in [0, 0.05) is 5.92 Å². The van der Waals surface area contributed by atoms with Crippen molar-refractivity contribution in [2.24, 2.45) is 11.7 Å². The second-order valence-corrected chi connectivity index (χ2v) is 4.43. The molecule has 0 aliphatic carbocycles. The molecule has 1 atom stereocenters. The molecule has 104 valence electrons. The van der Waals surface area contributed by atoms with Crippen LogP contribution in [0.15, 0.2) is 18.3 Å². The highest BCUT2D eigenvalue weighted by Crippen LogP contribution is 2.11. The fraction of sp³-hybridized carbons (Fsp3) is 0.462. The number of nitrogens with two attached hydrogens (primary N) is 1. The van der Waals surface area contributed by atoms with Gasteiger partial charge < -0.3 is 16.2 Å². The van der Waals surface area contributed by atoms with E-state index in [-0.39, 0.29) is 18.2 Å². The maximum Gasteiger partial charge on any atom is 0.309 e. The summed E-state index contributed by atoms with van der Waals surface area (Å²) in [5, 5.41) is 11.4.